The first-order valence-corrected chi connectivity index (χ1v) is 5.15. The van der Waals surface area contributed by atoms with Crippen molar-refractivity contribution in [3.63, 3.8) is 0 Å². The molecule has 5 nitrogen and oxygen atoms in total. The number of carbonyl (C=O) groups is 1. The van der Waals surface area contributed by atoms with Gasteiger partial charge in [0.05, 0.1) is 6.54 Å². The zero-order valence-electron chi connectivity index (χ0n) is 7.87. The lowest BCUT2D eigenvalue weighted by molar-refractivity contribution is -0.121. The van der Waals surface area contributed by atoms with Gasteiger partial charge in [0.15, 0.2) is 0 Å². The average molecular weight is 215 g/mol. The van der Waals surface area contributed by atoms with Crippen molar-refractivity contribution in [1.29, 1.82) is 0 Å². The van der Waals surface area contributed by atoms with Gasteiger partial charge >= 0.3 is 4.87 Å². The summed E-state index contributed by atoms with van der Waals surface area (Å²) in [6.45, 7) is 2.12. The van der Waals surface area contributed by atoms with Crippen LogP contribution in [-0.4, -0.2) is 16.9 Å². The Hall–Kier alpha value is -1.14. The van der Waals surface area contributed by atoms with Gasteiger partial charge in [-0.05, 0) is 6.92 Å². The minimum atomic E-state index is -0.142. The zero-order valence-corrected chi connectivity index (χ0v) is 8.69. The van der Waals surface area contributed by atoms with Crippen LogP contribution in [-0.2, 0) is 11.3 Å². The van der Waals surface area contributed by atoms with Crippen LogP contribution in [0.25, 0.3) is 0 Å². The topological polar surface area (TPSA) is 88.0 Å². The Kier molecular flexibility index (Phi) is 3.84. The highest BCUT2D eigenvalue weighted by atomic mass is 32.1. The summed E-state index contributed by atoms with van der Waals surface area (Å²) in [6.07, 6.45) is 0.300. The Morgan fingerprint density at radius 2 is 2.50 bits per heavy atom. The summed E-state index contributed by atoms with van der Waals surface area (Å²) >= 11 is 1.08. The lowest BCUT2D eigenvalue weighted by atomic mass is 10.2. The van der Waals surface area contributed by atoms with Crippen LogP contribution in [0, 0.1) is 0 Å². The molecular formula is C8H13N3O2S. The third-order valence-corrected chi connectivity index (χ3v) is 2.27. The third kappa shape index (κ3) is 3.71. The number of thiazole rings is 1. The number of rotatable bonds is 4. The molecule has 0 fully saturated rings. The van der Waals surface area contributed by atoms with Gasteiger partial charge in [-0.15, -0.1) is 0 Å². The van der Waals surface area contributed by atoms with Crippen molar-refractivity contribution < 1.29 is 4.79 Å². The molecule has 0 saturated heterocycles. The quantitative estimate of drug-likeness (QED) is 0.649. The summed E-state index contributed by atoms with van der Waals surface area (Å²) in [7, 11) is 0. The highest BCUT2D eigenvalue weighted by Gasteiger charge is 2.04. The van der Waals surface area contributed by atoms with Crippen LogP contribution in [0.2, 0.25) is 0 Å². The summed E-state index contributed by atoms with van der Waals surface area (Å²) in [5.41, 5.74) is 6.17. The van der Waals surface area contributed by atoms with Crippen LogP contribution in [0.3, 0.4) is 0 Å². The van der Waals surface area contributed by atoms with E-state index >= 15 is 0 Å². The van der Waals surface area contributed by atoms with Gasteiger partial charge < -0.3 is 16.0 Å². The first-order valence-electron chi connectivity index (χ1n) is 4.27. The number of carbonyl (C=O) groups excluding carboxylic acids is 1. The molecule has 1 atom stereocenters. The fraction of sp³-hybridized carbons (Fsp3) is 0.500. The molecule has 1 heterocycles. The fourth-order valence-electron chi connectivity index (χ4n) is 0.959. The molecule has 0 aliphatic carbocycles. The molecule has 0 bridgehead atoms. The third-order valence-electron chi connectivity index (χ3n) is 1.55. The van der Waals surface area contributed by atoms with Crippen LogP contribution in [0.1, 0.15) is 19.0 Å². The van der Waals surface area contributed by atoms with Crippen LogP contribution in [0.15, 0.2) is 10.2 Å². The summed E-state index contributed by atoms with van der Waals surface area (Å²) < 4.78 is 0. The molecular weight excluding hydrogens is 202 g/mol. The van der Waals surface area contributed by atoms with Crippen molar-refractivity contribution >= 4 is 17.2 Å². The molecule has 0 spiro atoms. The van der Waals surface area contributed by atoms with Crippen LogP contribution in [0.5, 0.6) is 0 Å². The highest BCUT2D eigenvalue weighted by Crippen LogP contribution is 1.95. The second-order valence-electron chi connectivity index (χ2n) is 3.13. The predicted octanol–water partition coefficient (Wildman–Crippen LogP) is -0.210. The van der Waals surface area contributed by atoms with E-state index in [1.807, 2.05) is 0 Å². The molecule has 0 aliphatic heterocycles. The zero-order chi connectivity index (χ0) is 10.6. The number of aromatic amines is 1. The van der Waals surface area contributed by atoms with E-state index in [9.17, 15) is 9.59 Å². The fourth-order valence-corrected chi connectivity index (χ4v) is 1.54. The Bertz CT molecular complexity index is 355. The van der Waals surface area contributed by atoms with Gasteiger partial charge in [0.1, 0.15) is 0 Å². The molecule has 78 valence electrons. The van der Waals surface area contributed by atoms with Crippen LogP contribution < -0.4 is 15.9 Å². The summed E-state index contributed by atoms with van der Waals surface area (Å²) in [5, 5.41) is 4.35. The Morgan fingerprint density at radius 1 is 1.79 bits per heavy atom. The number of nitrogens with one attached hydrogen (secondary N) is 2. The first kappa shape index (κ1) is 10.9. The van der Waals surface area contributed by atoms with Crippen LogP contribution >= 0.6 is 11.3 Å². The Balaban J connectivity index is 2.34. The van der Waals surface area contributed by atoms with Crippen molar-refractivity contribution in [2.24, 2.45) is 5.73 Å². The summed E-state index contributed by atoms with van der Waals surface area (Å²) in [5.74, 6) is -0.105. The van der Waals surface area contributed by atoms with Crippen LogP contribution in [0.4, 0.5) is 0 Å². The highest BCUT2D eigenvalue weighted by molar-refractivity contribution is 7.07. The monoisotopic (exact) mass is 215 g/mol. The van der Waals surface area contributed by atoms with E-state index in [1.54, 1.807) is 12.3 Å². The molecule has 0 radical (unpaired) electrons. The predicted molar refractivity (Wildman–Crippen MR) is 55.1 cm³/mol. The first-order chi connectivity index (χ1) is 6.58. The molecule has 4 N–H and O–H groups in total. The van der Waals surface area contributed by atoms with Gasteiger partial charge in [-0.1, -0.05) is 11.3 Å². The average Bonchev–Trinajstić information content (AvgIpc) is 2.47. The Labute approximate surface area is 85.3 Å². The maximum Gasteiger partial charge on any atom is 0.304 e. The molecule has 1 rings (SSSR count). The van der Waals surface area contributed by atoms with Crippen molar-refractivity contribution in [2.45, 2.75) is 25.9 Å². The maximum atomic E-state index is 11.2. The lowest BCUT2D eigenvalue weighted by Crippen LogP contribution is -2.29. The maximum absolute atomic E-state index is 11.2. The van der Waals surface area contributed by atoms with Gasteiger partial charge in [-0.2, -0.15) is 0 Å². The van der Waals surface area contributed by atoms with Crippen molar-refractivity contribution in [3.05, 3.63) is 20.7 Å². The number of hydrogen-bond donors (Lipinski definition) is 3. The van der Waals surface area contributed by atoms with E-state index in [4.69, 9.17) is 5.73 Å². The number of H-pyrrole nitrogens is 1. The van der Waals surface area contributed by atoms with Gasteiger partial charge in [0, 0.05) is 23.5 Å². The molecule has 1 amide bonds. The van der Waals surface area contributed by atoms with E-state index in [2.05, 4.69) is 10.3 Å². The second kappa shape index (κ2) is 4.92. The van der Waals surface area contributed by atoms with Gasteiger partial charge in [-0.25, -0.2) is 0 Å². The second-order valence-corrected chi connectivity index (χ2v) is 3.97. The minimum absolute atomic E-state index is 0.105. The summed E-state index contributed by atoms with van der Waals surface area (Å²) in [4.78, 5) is 24.4. The molecule has 1 aromatic heterocycles. The molecule has 1 aromatic rings. The largest absolute Gasteiger partial charge is 0.350 e. The lowest BCUT2D eigenvalue weighted by Gasteiger charge is -2.05. The molecule has 0 aliphatic rings. The number of nitrogens with two attached hydrogens (primary N) is 1. The van der Waals surface area contributed by atoms with E-state index < -0.39 is 0 Å². The molecule has 6 heteroatoms. The standard InChI is InChI=1S/C8H13N3O2S/c1-5(9)2-7(12)10-3-6-4-14-8(13)11-6/h4-5H,2-3,9H2,1H3,(H,10,12)(H,11,13). The van der Waals surface area contributed by atoms with E-state index in [1.165, 1.54) is 0 Å². The van der Waals surface area contributed by atoms with E-state index in [0.717, 1.165) is 17.0 Å². The molecule has 0 saturated carbocycles. The number of hydrogen-bond acceptors (Lipinski definition) is 4. The van der Waals surface area contributed by atoms with Gasteiger partial charge in [0.2, 0.25) is 5.91 Å². The molecule has 0 aromatic carbocycles. The number of amides is 1. The molecule has 1 unspecified atom stereocenters. The SMILES string of the molecule is CC(N)CC(=O)NCc1csc(=O)[nH]1. The smallest absolute Gasteiger partial charge is 0.304 e. The van der Waals surface area contributed by atoms with Crippen molar-refractivity contribution in [3.8, 4) is 0 Å². The van der Waals surface area contributed by atoms with Crippen molar-refractivity contribution in [1.82, 2.24) is 10.3 Å². The minimum Gasteiger partial charge on any atom is -0.350 e. The van der Waals surface area contributed by atoms with Gasteiger partial charge in [-0.3, -0.25) is 9.59 Å². The normalized spacial score (nSPS) is 12.4. The van der Waals surface area contributed by atoms with Crippen molar-refractivity contribution in [2.75, 3.05) is 0 Å². The van der Waals surface area contributed by atoms with E-state index in [0.29, 0.717) is 13.0 Å². The summed E-state index contributed by atoms with van der Waals surface area (Å²) in [6, 6.07) is -0.142. The Morgan fingerprint density at radius 3 is 3.00 bits per heavy atom. The number of aromatic nitrogens is 1. The van der Waals surface area contributed by atoms with Gasteiger partial charge in [0.25, 0.3) is 0 Å². The molecule has 14 heavy (non-hydrogen) atoms. The van der Waals surface area contributed by atoms with E-state index in [-0.39, 0.29) is 16.8 Å².